The van der Waals surface area contributed by atoms with E-state index in [1.54, 1.807) is 16.7 Å². The summed E-state index contributed by atoms with van der Waals surface area (Å²) in [6.07, 6.45) is 6.45. The predicted molar refractivity (Wildman–Crippen MR) is 246 cm³/mol. The quantitative estimate of drug-likeness (QED) is 0.158. The number of benzene rings is 12. The molecule has 4 bridgehead atoms. The summed E-state index contributed by atoms with van der Waals surface area (Å²) in [5, 5.41) is 25.2. The fourth-order valence-electron chi connectivity index (χ4n) is 14.9. The Bertz CT molecular complexity index is 3490. The molecular formula is C58H40. The molecule has 58 heavy (non-hydrogen) atoms. The molecule has 0 N–H and O–H groups in total. The Morgan fingerprint density at radius 2 is 0.603 bits per heavy atom. The van der Waals surface area contributed by atoms with Gasteiger partial charge in [0, 0.05) is 10.8 Å². The van der Waals surface area contributed by atoms with Crippen LogP contribution in [0.2, 0.25) is 0 Å². The van der Waals surface area contributed by atoms with Gasteiger partial charge in [0.2, 0.25) is 0 Å². The van der Waals surface area contributed by atoms with Crippen molar-refractivity contribution in [1.29, 1.82) is 0 Å². The van der Waals surface area contributed by atoms with Crippen LogP contribution in [0, 0.1) is 17.8 Å². The highest BCUT2D eigenvalue weighted by Gasteiger charge is 2.68. The third-order valence-electron chi connectivity index (χ3n) is 16.5. The van der Waals surface area contributed by atoms with Crippen molar-refractivity contribution in [2.45, 2.75) is 42.9 Å². The predicted octanol–water partition coefficient (Wildman–Crippen LogP) is 15.4. The minimum atomic E-state index is -0.256. The zero-order valence-electron chi connectivity index (χ0n) is 32.4. The van der Waals surface area contributed by atoms with Crippen molar-refractivity contribution < 1.29 is 0 Å². The third-order valence-corrected chi connectivity index (χ3v) is 16.5. The first-order valence-corrected chi connectivity index (χ1v) is 21.7. The summed E-state index contributed by atoms with van der Waals surface area (Å²) in [7, 11) is 0. The molecule has 0 heteroatoms. The molecule has 0 amide bonds. The lowest BCUT2D eigenvalue weighted by molar-refractivity contribution is -0.0653. The van der Waals surface area contributed by atoms with Crippen LogP contribution in [0.3, 0.4) is 0 Å². The molecule has 0 saturated heterocycles. The van der Waals surface area contributed by atoms with E-state index in [2.05, 4.69) is 164 Å². The molecular weight excluding hydrogens is 697 g/mol. The van der Waals surface area contributed by atoms with Crippen molar-refractivity contribution >= 4 is 97.0 Å². The topological polar surface area (TPSA) is 0 Å². The molecule has 4 aliphatic carbocycles. The van der Waals surface area contributed by atoms with Gasteiger partial charge in [-0.25, -0.2) is 0 Å². The maximum absolute atomic E-state index is 2.62. The molecule has 12 aromatic carbocycles. The van der Waals surface area contributed by atoms with E-state index in [1.807, 2.05) is 0 Å². The van der Waals surface area contributed by atoms with Crippen LogP contribution in [-0.4, -0.2) is 0 Å². The van der Waals surface area contributed by atoms with Gasteiger partial charge in [-0.05, 0) is 164 Å². The molecule has 0 nitrogen and oxygen atoms in total. The summed E-state index contributed by atoms with van der Waals surface area (Å²) in [4.78, 5) is 0. The smallest absolute Gasteiger partial charge is 0.0340 e. The molecule has 4 aliphatic rings. The molecule has 0 spiro atoms. The molecule has 12 aromatic rings. The van der Waals surface area contributed by atoms with Crippen molar-refractivity contribution in [3.8, 4) is 0 Å². The molecule has 2 atom stereocenters. The summed E-state index contributed by atoms with van der Waals surface area (Å²) < 4.78 is 0. The molecule has 0 radical (unpaired) electrons. The SMILES string of the molecule is c1cc2ccc3ccc(C45CC6CC(CC(C6)C4(c4ccc6ccc7cccc8ccc4c6c78)c4ccc6ccc7cccc8ccc4c6c78)C5)c4ccc(c1)c2c34. The molecule has 0 aliphatic heterocycles. The van der Waals surface area contributed by atoms with Crippen LogP contribution in [0.15, 0.2) is 164 Å². The molecule has 272 valence electrons. The summed E-state index contributed by atoms with van der Waals surface area (Å²) >= 11 is 0. The van der Waals surface area contributed by atoms with E-state index in [9.17, 15) is 0 Å². The molecule has 0 aromatic heterocycles. The number of hydrogen-bond acceptors (Lipinski definition) is 0. The second-order valence-electron chi connectivity index (χ2n) is 18.8. The van der Waals surface area contributed by atoms with Gasteiger partial charge >= 0.3 is 0 Å². The molecule has 4 fully saturated rings. The fraction of sp³-hybridized carbons (Fsp3) is 0.172. The van der Waals surface area contributed by atoms with Crippen molar-refractivity contribution in [2.24, 2.45) is 17.8 Å². The van der Waals surface area contributed by atoms with E-state index in [-0.39, 0.29) is 10.8 Å². The molecule has 4 saturated carbocycles. The lowest BCUT2D eigenvalue weighted by Gasteiger charge is -2.69. The van der Waals surface area contributed by atoms with Gasteiger partial charge in [-0.2, -0.15) is 0 Å². The van der Waals surface area contributed by atoms with E-state index in [0.29, 0.717) is 5.92 Å². The van der Waals surface area contributed by atoms with E-state index in [1.165, 1.54) is 129 Å². The molecule has 2 unspecified atom stereocenters. The minimum Gasteiger partial charge on any atom is -0.0610 e. The number of hydrogen-bond donors (Lipinski definition) is 0. The Kier molecular flexibility index (Phi) is 5.55. The number of rotatable bonds is 3. The lowest BCUT2D eigenvalue weighted by atomic mass is 9.34. The van der Waals surface area contributed by atoms with Crippen LogP contribution < -0.4 is 0 Å². The van der Waals surface area contributed by atoms with Crippen LogP contribution >= 0.6 is 0 Å². The Balaban J connectivity index is 1.17. The zero-order chi connectivity index (χ0) is 37.5. The second-order valence-corrected chi connectivity index (χ2v) is 18.8. The van der Waals surface area contributed by atoms with Crippen LogP contribution in [0.4, 0.5) is 0 Å². The summed E-state index contributed by atoms with van der Waals surface area (Å²) in [5.41, 5.74) is 4.35. The summed E-state index contributed by atoms with van der Waals surface area (Å²) in [6.45, 7) is 0. The second kappa shape index (κ2) is 10.4. The summed E-state index contributed by atoms with van der Waals surface area (Å²) in [5.74, 6) is 2.00. The minimum absolute atomic E-state index is 0.101. The van der Waals surface area contributed by atoms with Gasteiger partial charge in [-0.1, -0.05) is 164 Å². The monoisotopic (exact) mass is 736 g/mol. The first kappa shape index (κ1) is 30.8. The van der Waals surface area contributed by atoms with E-state index < -0.39 is 0 Å². The Morgan fingerprint density at radius 1 is 0.293 bits per heavy atom. The lowest BCUT2D eigenvalue weighted by Crippen LogP contribution is -2.65. The van der Waals surface area contributed by atoms with Crippen molar-refractivity contribution in [3.63, 3.8) is 0 Å². The highest BCUT2D eigenvalue weighted by molar-refractivity contribution is 6.27. The van der Waals surface area contributed by atoms with Gasteiger partial charge in [0.15, 0.2) is 0 Å². The molecule has 0 heterocycles. The van der Waals surface area contributed by atoms with Gasteiger partial charge in [0.25, 0.3) is 0 Å². The van der Waals surface area contributed by atoms with Crippen molar-refractivity contribution in [3.05, 3.63) is 180 Å². The van der Waals surface area contributed by atoms with Gasteiger partial charge in [-0.3, -0.25) is 0 Å². The average molecular weight is 737 g/mol. The van der Waals surface area contributed by atoms with E-state index in [0.717, 1.165) is 11.8 Å². The Hall–Kier alpha value is -6.24. The van der Waals surface area contributed by atoms with Gasteiger partial charge in [0.1, 0.15) is 0 Å². The van der Waals surface area contributed by atoms with E-state index >= 15 is 0 Å². The fourth-order valence-corrected chi connectivity index (χ4v) is 14.9. The summed E-state index contributed by atoms with van der Waals surface area (Å²) in [6, 6.07) is 65.0. The maximum atomic E-state index is 2.62. The highest BCUT2D eigenvalue weighted by Crippen LogP contribution is 2.73. The highest BCUT2D eigenvalue weighted by atomic mass is 14.7. The average Bonchev–Trinajstić information content (AvgIpc) is 3.27. The first-order valence-electron chi connectivity index (χ1n) is 21.7. The van der Waals surface area contributed by atoms with Crippen molar-refractivity contribution in [1.82, 2.24) is 0 Å². The third kappa shape index (κ3) is 3.50. The van der Waals surface area contributed by atoms with Gasteiger partial charge in [-0.15, -0.1) is 0 Å². The Morgan fingerprint density at radius 3 is 1.00 bits per heavy atom. The van der Waals surface area contributed by atoms with Crippen LogP contribution in [0.1, 0.15) is 48.8 Å². The van der Waals surface area contributed by atoms with Gasteiger partial charge < -0.3 is 0 Å². The van der Waals surface area contributed by atoms with E-state index in [4.69, 9.17) is 0 Å². The largest absolute Gasteiger partial charge is 0.0610 e. The first-order chi connectivity index (χ1) is 28.7. The Labute approximate surface area is 336 Å². The normalized spacial score (nSPS) is 22.9. The van der Waals surface area contributed by atoms with Crippen LogP contribution in [0.5, 0.6) is 0 Å². The maximum Gasteiger partial charge on any atom is 0.0340 e. The zero-order valence-corrected chi connectivity index (χ0v) is 32.4. The van der Waals surface area contributed by atoms with Gasteiger partial charge in [0.05, 0.1) is 0 Å². The molecule has 16 rings (SSSR count). The van der Waals surface area contributed by atoms with Crippen molar-refractivity contribution in [2.75, 3.05) is 0 Å². The van der Waals surface area contributed by atoms with Crippen LogP contribution in [0.25, 0.3) is 97.0 Å². The van der Waals surface area contributed by atoms with Crippen LogP contribution in [-0.2, 0) is 10.8 Å². The standard InChI is InChI=1S/C58H40/c1-4-35-10-13-41-19-25-48(45-22-16-38(7-1)51(35)54(41)45)57-31-33-28-34(32-57)30-44(29-33)58(57,49-26-20-42-14-11-36-5-2-8-39-17-23-46(49)55(42)52(36)39)50-27-21-43-15-12-37-6-3-9-40-18-24-47(50)56(43)53(37)40/h1-27,33-34,44H,28-32H2.